The summed E-state index contributed by atoms with van der Waals surface area (Å²) in [6.45, 7) is 4.59. The molecule has 21 heavy (non-hydrogen) atoms. The van der Waals surface area contributed by atoms with Crippen molar-refractivity contribution in [3.8, 4) is 5.75 Å². The van der Waals surface area contributed by atoms with Gasteiger partial charge in [-0.15, -0.1) is 0 Å². The fraction of sp³-hybridized carbons (Fsp3) is 0.357. The van der Waals surface area contributed by atoms with E-state index in [4.69, 9.17) is 4.74 Å². The molecule has 0 spiro atoms. The van der Waals surface area contributed by atoms with Crippen molar-refractivity contribution in [3.05, 3.63) is 51.8 Å². The lowest BCUT2D eigenvalue weighted by Gasteiger charge is -2.12. The van der Waals surface area contributed by atoms with Crippen molar-refractivity contribution in [1.29, 1.82) is 0 Å². The first-order chi connectivity index (χ1) is 10.0. The zero-order chi connectivity index (χ0) is 15.4. The normalized spacial score (nSPS) is 12.1. The molecule has 1 aromatic heterocycles. The Hall–Kier alpha value is -2.41. The molecule has 0 amide bonds. The van der Waals surface area contributed by atoms with Crippen LogP contribution in [-0.2, 0) is 13.2 Å². The van der Waals surface area contributed by atoms with Gasteiger partial charge in [-0.25, -0.2) is 0 Å². The SMILES string of the molecule is CCn1cc(COc2ccc([N+](=O)[O-])cc2[C@H](C)O)cn1. The molecule has 112 valence electrons. The number of hydrogen-bond acceptors (Lipinski definition) is 5. The lowest BCUT2D eigenvalue weighted by atomic mass is 10.1. The lowest BCUT2D eigenvalue weighted by Crippen LogP contribution is -2.02. The fourth-order valence-corrected chi connectivity index (χ4v) is 1.92. The zero-order valence-electron chi connectivity index (χ0n) is 11.9. The Kier molecular flexibility index (Phi) is 4.54. The predicted molar refractivity (Wildman–Crippen MR) is 76.0 cm³/mol. The highest BCUT2D eigenvalue weighted by Crippen LogP contribution is 2.29. The summed E-state index contributed by atoms with van der Waals surface area (Å²) in [5.74, 6) is 0.430. The second-order valence-corrected chi connectivity index (χ2v) is 4.65. The number of aliphatic hydroxyl groups is 1. The van der Waals surface area contributed by atoms with Crippen LogP contribution in [0.5, 0.6) is 5.75 Å². The summed E-state index contributed by atoms with van der Waals surface area (Å²) < 4.78 is 7.42. The Bertz CT molecular complexity index is 637. The van der Waals surface area contributed by atoms with Crippen molar-refractivity contribution < 1.29 is 14.8 Å². The second kappa shape index (κ2) is 6.36. The van der Waals surface area contributed by atoms with Crippen LogP contribution in [0.4, 0.5) is 5.69 Å². The molecular formula is C14H17N3O4. The number of ether oxygens (including phenoxy) is 1. The zero-order valence-corrected chi connectivity index (χ0v) is 11.9. The van der Waals surface area contributed by atoms with Crippen LogP contribution in [0, 0.1) is 10.1 Å². The Morgan fingerprint density at radius 2 is 2.29 bits per heavy atom. The molecule has 1 atom stereocenters. The Morgan fingerprint density at radius 3 is 2.86 bits per heavy atom. The molecule has 0 aliphatic heterocycles. The Balaban J connectivity index is 2.17. The van der Waals surface area contributed by atoms with Gasteiger partial charge in [0.1, 0.15) is 12.4 Å². The molecule has 0 radical (unpaired) electrons. The number of non-ortho nitro benzene ring substituents is 1. The molecule has 1 aromatic carbocycles. The van der Waals surface area contributed by atoms with Crippen LogP contribution < -0.4 is 4.74 Å². The van der Waals surface area contributed by atoms with Crippen LogP contribution in [-0.4, -0.2) is 19.8 Å². The molecule has 0 aliphatic rings. The molecule has 7 heteroatoms. The average molecular weight is 291 g/mol. The van der Waals surface area contributed by atoms with Gasteiger partial charge in [-0.2, -0.15) is 5.10 Å². The van der Waals surface area contributed by atoms with E-state index in [0.29, 0.717) is 11.3 Å². The molecule has 0 saturated carbocycles. The molecular weight excluding hydrogens is 274 g/mol. The van der Waals surface area contributed by atoms with Crippen molar-refractivity contribution in [2.75, 3.05) is 0 Å². The molecule has 2 rings (SSSR count). The Labute approximate surface area is 121 Å². The molecule has 0 unspecified atom stereocenters. The molecule has 0 aliphatic carbocycles. The minimum Gasteiger partial charge on any atom is -0.488 e. The predicted octanol–water partition coefficient (Wildman–Crippen LogP) is 2.44. The van der Waals surface area contributed by atoms with Crippen molar-refractivity contribution in [1.82, 2.24) is 9.78 Å². The summed E-state index contributed by atoms with van der Waals surface area (Å²) in [4.78, 5) is 10.3. The van der Waals surface area contributed by atoms with E-state index in [0.717, 1.165) is 12.1 Å². The van der Waals surface area contributed by atoms with E-state index < -0.39 is 11.0 Å². The first kappa shape index (κ1) is 15.0. The van der Waals surface area contributed by atoms with E-state index in [-0.39, 0.29) is 12.3 Å². The molecule has 1 N–H and O–H groups in total. The van der Waals surface area contributed by atoms with Gasteiger partial charge in [0.2, 0.25) is 0 Å². The van der Waals surface area contributed by atoms with E-state index in [2.05, 4.69) is 5.10 Å². The highest BCUT2D eigenvalue weighted by molar-refractivity contribution is 5.44. The van der Waals surface area contributed by atoms with Gasteiger partial charge in [0, 0.05) is 36.0 Å². The summed E-state index contributed by atoms with van der Waals surface area (Å²) in [6, 6.07) is 4.19. The molecule has 1 heterocycles. The largest absolute Gasteiger partial charge is 0.488 e. The van der Waals surface area contributed by atoms with E-state index in [1.165, 1.54) is 18.2 Å². The van der Waals surface area contributed by atoms with Gasteiger partial charge in [0.05, 0.1) is 17.2 Å². The van der Waals surface area contributed by atoms with Gasteiger partial charge in [0.25, 0.3) is 5.69 Å². The quantitative estimate of drug-likeness (QED) is 0.652. The molecule has 2 aromatic rings. The van der Waals surface area contributed by atoms with Crippen LogP contribution in [0.3, 0.4) is 0 Å². The number of aryl methyl sites for hydroxylation is 1. The van der Waals surface area contributed by atoms with Crippen molar-refractivity contribution in [3.63, 3.8) is 0 Å². The number of hydrogen-bond donors (Lipinski definition) is 1. The smallest absolute Gasteiger partial charge is 0.270 e. The van der Waals surface area contributed by atoms with Crippen LogP contribution >= 0.6 is 0 Å². The summed E-state index contributed by atoms with van der Waals surface area (Å²) in [7, 11) is 0. The summed E-state index contributed by atoms with van der Waals surface area (Å²) in [5, 5.41) is 24.6. The topological polar surface area (TPSA) is 90.4 Å². The van der Waals surface area contributed by atoms with Crippen molar-refractivity contribution >= 4 is 5.69 Å². The number of nitro benzene ring substituents is 1. The number of nitrogens with zero attached hydrogens (tertiary/aromatic N) is 3. The second-order valence-electron chi connectivity index (χ2n) is 4.65. The van der Waals surface area contributed by atoms with Crippen LogP contribution in [0.2, 0.25) is 0 Å². The van der Waals surface area contributed by atoms with E-state index >= 15 is 0 Å². The summed E-state index contributed by atoms with van der Waals surface area (Å²) >= 11 is 0. The first-order valence-corrected chi connectivity index (χ1v) is 6.61. The molecule has 0 saturated heterocycles. The highest BCUT2D eigenvalue weighted by atomic mass is 16.6. The number of rotatable bonds is 6. The van der Waals surface area contributed by atoms with Gasteiger partial charge < -0.3 is 9.84 Å². The van der Waals surface area contributed by atoms with Gasteiger partial charge in [-0.3, -0.25) is 14.8 Å². The van der Waals surface area contributed by atoms with Crippen molar-refractivity contribution in [2.24, 2.45) is 0 Å². The van der Waals surface area contributed by atoms with Gasteiger partial charge in [-0.1, -0.05) is 0 Å². The first-order valence-electron chi connectivity index (χ1n) is 6.61. The standard InChI is InChI=1S/C14H17N3O4/c1-3-16-8-11(7-15-16)9-21-14-5-4-12(17(19)20)6-13(14)10(2)18/h4-8,10,18H,3,9H2,1-2H3/t10-/m0/s1. The number of benzene rings is 1. The van der Waals surface area contributed by atoms with Gasteiger partial charge >= 0.3 is 0 Å². The molecule has 7 nitrogen and oxygen atoms in total. The van der Waals surface area contributed by atoms with E-state index in [1.807, 2.05) is 13.1 Å². The number of aromatic nitrogens is 2. The van der Waals surface area contributed by atoms with E-state index in [9.17, 15) is 15.2 Å². The maximum absolute atomic E-state index is 10.8. The highest BCUT2D eigenvalue weighted by Gasteiger charge is 2.15. The minimum atomic E-state index is -0.849. The van der Waals surface area contributed by atoms with Crippen LogP contribution in [0.1, 0.15) is 31.1 Å². The number of aliphatic hydroxyl groups excluding tert-OH is 1. The lowest BCUT2D eigenvalue weighted by molar-refractivity contribution is -0.385. The third kappa shape index (κ3) is 3.57. The number of nitro groups is 1. The monoisotopic (exact) mass is 291 g/mol. The molecule has 0 fully saturated rings. The maximum atomic E-state index is 10.8. The average Bonchev–Trinajstić information content (AvgIpc) is 2.92. The van der Waals surface area contributed by atoms with E-state index in [1.54, 1.807) is 17.8 Å². The van der Waals surface area contributed by atoms with Crippen LogP contribution in [0.25, 0.3) is 0 Å². The third-order valence-corrected chi connectivity index (χ3v) is 3.06. The fourth-order valence-electron chi connectivity index (χ4n) is 1.92. The van der Waals surface area contributed by atoms with Crippen LogP contribution in [0.15, 0.2) is 30.6 Å². The molecule has 0 bridgehead atoms. The summed E-state index contributed by atoms with van der Waals surface area (Å²) in [6.07, 6.45) is 2.72. The third-order valence-electron chi connectivity index (χ3n) is 3.06. The summed E-state index contributed by atoms with van der Waals surface area (Å²) in [5.41, 5.74) is 1.22. The minimum absolute atomic E-state index is 0.0722. The van der Waals surface area contributed by atoms with Gasteiger partial charge in [-0.05, 0) is 19.9 Å². The van der Waals surface area contributed by atoms with Gasteiger partial charge in [0.15, 0.2) is 0 Å². The maximum Gasteiger partial charge on any atom is 0.270 e. The Morgan fingerprint density at radius 1 is 1.52 bits per heavy atom. The van der Waals surface area contributed by atoms with Crippen molar-refractivity contribution in [2.45, 2.75) is 33.1 Å².